The van der Waals surface area contributed by atoms with Gasteiger partial charge in [0, 0.05) is 11.4 Å². The average molecular weight is 689 g/mol. The molecule has 0 aliphatic carbocycles. The maximum absolute atomic E-state index is 4.39. The molecule has 7 rings (SSSR count). The predicted octanol–water partition coefficient (Wildman–Crippen LogP) is 14.1. The van der Waals surface area contributed by atoms with Crippen LogP contribution in [0.5, 0.6) is 0 Å². The standard InChI is InChI=1S/C49H42N2.C2H6/c1-4-18-37-27-17-28-44(35(37)2)48-34-43(51-49(41-25-15-8-16-26-41)50-36(3)38-19-9-5-10-20-38)30-32-46(48)42-29-31-45(39-21-11-6-12-22-39)47(33-42)40-23-13-7-14-24-40;1-2/h4-34,49-51H,3H2,1-2H3;1-2H3/b18-4-;. The van der Waals surface area contributed by atoms with Gasteiger partial charge in [0.25, 0.3) is 0 Å². The van der Waals surface area contributed by atoms with Crippen molar-refractivity contribution < 1.29 is 0 Å². The third-order valence-electron chi connectivity index (χ3n) is 9.42. The van der Waals surface area contributed by atoms with Gasteiger partial charge in [-0.05, 0) is 98.8 Å². The Balaban J connectivity index is 0.00000236. The summed E-state index contributed by atoms with van der Waals surface area (Å²) in [5.74, 6) is 0. The van der Waals surface area contributed by atoms with Gasteiger partial charge in [-0.3, -0.25) is 0 Å². The molecular formula is C51H48N2. The van der Waals surface area contributed by atoms with Crippen molar-refractivity contribution in [1.82, 2.24) is 5.32 Å². The Bertz CT molecular complexity index is 2270. The average Bonchev–Trinajstić information content (AvgIpc) is 3.23. The van der Waals surface area contributed by atoms with E-state index >= 15 is 0 Å². The van der Waals surface area contributed by atoms with Crippen molar-refractivity contribution >= 4 is 17.5 Å². The van der Waals surface area contributed by atoms with E-state index in [-0.39, 0.29) is 6.17 Å². The van der Waals surface area contributed by atoms with Gasteiger partial charge in [0.2, 0.25) is 0 Å². The van der Waals surface area contributed by atoms with E-state index in [9.17, 15) is 0 Å². The lowest BCUT2D eigenvalue weighted by Gasteiger charge is -2.25. The lowest BCUT2D eigenvalue weighted by atomic mass is 9.87. The Morgan fingerprint density at radius 2 is 1.09 bits per heavy atom. The van der Waals surface area contributed by atoms with Gasteiger partial charge < -0.3 is 10.6 Å². The fourth-order valence-electron chi connectivity index (χ4n) is 6.76. The van der Waals surface area contributed by atoms with Crippen LogP contribution in [-0.2, 0) is 0 Å². The second kappa shape index (κ2) is 17.7. The number of benzene rings is 7. The molecule has 1 unspecified atom stereocenters. The molecule has 0 heterocycles. The number of hydrogen-bond acceptors (Lipinski definition) is 2. The predicted molar refractivity (Wildman–Crippen MR) is 230 cm³/mol. The summed E-state index contributed by atoms with van der Waals surface area (Å²) in [5.41, 5.74) is 16.0. The van der Waals surface area contributed by atoms with Crippen molar-refractivity contribution in [3.8, 4) is 44.5 Å². The zero-order chi connectivity index (χ0) is 37.0. The molecule has 0 aromatic heterocycles. The number of nitrogens with one attached hydrogen (secondary N) is 2. The van der Waals surface area contributed by atoms with Crippen molar-refractivity contribution in [3.63, 3.8) is 0 Å². The Labute approximate surface area is 316 Å². The van der Waals surface area contributed by atoms with Crippen LogP contribution in [0.3, 0.4) is 0 Å². The van der Waals surface area contributed by atoms with Gasteiger partial charge in [-0.1, -0.05) is 190 Å². The molecule has 262 valence electrons. The molecule has 7 aromatic rings. The number of anilines is 1. The van der Waals surface area contributed by atoms with Crippen LogP contribution in [0.25, 0.3) is 56.3 Å². The third-order valence-corrected chi connectivity index (χ3v) is 9.42. The SMILES string of the molecule is C=C(NC(Nc1ccc(-c2ccc(-c3ccccc3)c(-c3ccccc3)c2)c(-c2cccc(/C=C\C)c2C)c1)c1ccccc1)c1ccccc1.CC. The van der Waals surface area contributed by atoms with Crippen molar-refractivity contribution in [2.75, 3.05) is 5.32 Å². The van der Waals surface area contributed by atoms with Crippen molar-refractivity contribution in [2.45, 2.75) is 33.9 Å². The zero-order valence-corrected chi connectivity index (χ0v) is 31.2. The van der Waals surface area contributed by atoms with Gasteiger partial charge in [0.05, 0.1) is 0 Å². The summed E-state index contributed by atoms with van der Waals surface area (Å²) in [7, 11) is 0. The lowest BCUT2D eigenvalue weighted by Crippen LogP contribution is -2.26. The molecule has 0 amide bonds. The quantitative estimate of drug-likeness (QED) is 0.132. The molecule has 0 saturated heterocycles. The summed E-state index contributed by atoms with van der Waals surface area (Å²) in [5, 5.41) is 7.50. The van der Waals surface area contributed by atoms with Crippen LogP contribution in [0.1, 0.15) is 49.2 Å². The zero-order valence-electron chi connectivity index (χ0n) is 31.2. The highest BCUT2D eigenvalue weighted by atomic mass is 15.1. The molecule has 2 heteroatoms. The molecule has 0 aliphatic rings. The maximum Gasteiger partial charge on any atom is 0.123 e. The second-order valence-electron chi connectivity index (χ2n) is 12.7. The van der Waals surface area contributed by atoms with E-state index in [0.717, 1.165) is 22.5 Å². The minimum atomic E-state index is -0.206. The summed E-state index contributed by atoms with van der Waals surface area (Å²) >= 11 is 0. The minimum Gasteiger partial charge on any atom is -0.362 e. The van der Waals surface area contributed by atoms with E-state index in [0.29, 0.717) is 0 Å². The second-order valence-corrected chi connectivity index (χ2v) is 12.7. The summed E-state index contributed by atoms with van der Waals surface area (Å²) < 4.78 is 0. The fourth-order valence-corrected chi connectivity index (χ4v) is 6.76. The van der Waals surface area contributed by atoms with E-state index in [4.69, 9.17) is 0 Å². The summed E-state index contributed by atoms with van der Waals surface area (Å²) in [6.07, 6.45) is 4.09. The molecule has 0 spiro atoms. The van der Waals surface area contributed by atoms with Gasteiger partial charge in [-0.25, -0.2) is 0 Å². The summed E-state index contributed by atoms with van der Waals surface area (Å²) in [6, 6.07) is 62.3. The first-order chi connectivity index (χ1) is 26.1. The maximum atomic E-state index is 4.39. The molecule has 2 nitrogen and oxygen atoms in total. The molecule has 53 heavy (non-hydrogen) atoms. The molecule has 0 fully saturated rings. The van der Waals surface area contributed by atoms with Crippen molar-refractivity contribution in [1.29, 1.82) is 0 Å². The topological polar surface area (TPSA) is 24.1 Å². The monoisotopic (exact) mass is 688 g/mol. The first kappa shape index (κ1) is 36.4. The van der Waals surface area contributed by atoms with Gasteiger partial charge in [-0.2, -0.15) is 0 Å². The molecule has 2 N–H and O–H groups in total. The van der Waals surface area contributed by atoms with Crippen LogP contribution in [0.15, 0.2) is 189 Å². The van der Waals surface area contributed by atoms with E-state index < -0.39 is 0 Å². The molecule has 1 atom stereocenters. The summed E-state index contributed by atoms with van der Waals surface area (Å²) in [4.78, 5) is 0. The van der Waals surface area contributed by atoms with Gasteiger partial charge in [0.15, 0.2) is 0 Å². The first-order valence-electron chi connectivity index (χ1n) is 18.5. The Morgan fingerprint density at radius 3 is 1.74 bits per heavy atom. The van der Waals surface area contributed by atoms with Crippen LogP contribution in [-0.4, -0.2) is 0 Å². The van der Waals surface area contributed by atoms with E-state index in [1.165, 1.54) is 55.6 Å². The van der Waals surface area contributed by atoms with Crippen LogP contribution in [0.2, 0.25) is 0 Å². The molecule has 0 saturated carbocycles. The Hall–Kier alpha value is -6.38. The normalized spacial score (nSPS) is 11.3. The van der Waals surface area contributed by atoms with Crippen LogP contribution in [0, 0.1) is 6.92 Å². The lowest BCUT2D eigenvalue weighted by molar-refractivity contribution is 0.718. The largest absolute Gasteiger partial charge is 0.362 e. The molecule has 0 radical (unpaired) electrons. The molecule has 0 bridgehead atoms. The van der Waals surface area contributed by atoms with E-state index in [2.05, 4.69) is 195 Å². The van der Waals surface area contributed by atoms with Gasteiger partial charge in [0.1, 0.15) is 6.17 Å². The highest BCUT2D eigenvalue weighted by Crippen LogP contribution is 2.41. The molecular weight excluding hydrogens is 641 g/mol. The summed E-state index contributed by atoms with van der Waals surface area (Å²) in [6.45, 7) is 12.7. The van der Waals surface area contributed by atoms with Gasteiger partial charge in [-0.15, -0.1) is 0 Å². The van der Waals surface area contributed by atoms with Crippen LogP contribution in [0.4, 0.5) is 5.69 Å². The van der Waals surface area contributed by atoms with Crippen LogP contribution >= 0.6 is 0 Å². The van der Waals surface area contributed by atoms with Crippen molar-refractivity contribution in [3.05, 3.63) is 211 Å². The highest BCUT2D eigenvalue weighted by molar-refractivity contribution is 5.92. The van der Waals surface area contributed by atoms with E-state index in [1.807, 2.05) is 38.1 Å². The van der Waals surface area contributed by atoms with Gasteiger partial charge >= 0.3 is 0 Å². The van der Waals surface area contributed by atoms with Crippen molar-refractivity contribution in [2.24, 2.45) is 0 Å². The third kappa shape index (κ3) is 8.57. The molecule has 7 aromatic carbocycles. The number of allylic oxidation sites excluding steroid dienone is 1. The highest BCUT2D eigenvalue weighted by Gasteiger charge is 2.18. The Morgan fingerprint density at radius 1 is 0.528 bits per heavy atom. The minimum absolute atomic E-state index is 0.206. The van der Waals surface area contributed by atoms with E-state index in [1.54, 1.807) is 0 Å². The Kier molecular flexibility index (Phi) is 12.2. The fraction of sp³-hybridized carbons (Fsp3) is 0.0980. The molecule has 0 aliphatic heterocycles. The first-order valence-corrected chi connectivity index (χ1v) is 18.5. The smallest absolute Gasteiger partial charge is 0.123 e. The van der Waals surface area contributed by atoms with Crippen LogP contribution < -0.4 is 10.6 Å². The number of hydrogen-bond donors (Lipinski definition) is 2. The number of rotatable bonds is 11.